The van der Waals surface area contributed by atoms with Crippen LogP contribution in [0.2, 0.25) is 0 Å². The molecule has 0 atom stereocenters. The molecule has 1 aromatic rings. The summed E-state index contributed by atoms with van der Waals surface area (Å²) in [6, 6.07) is 1.98. The largest absolute Gasteiger partial charge is 0.364 e. The van der Waals surface area contributed by atoms with E-state index in [-0.39, 0.29) is 0 Å². The molecule has 0 saturated heterocycles. The summed E-state index contributed by atoms with van der Waals surface area (Å²) >= 11 is 4.07. The molecule has 1 nitrogen and oxygen atoms in total. The van der Waals surface area contributed by atoms with Gasteiger partial charge in [-0.15, -0.1) is 12.6 Å². The molecule has 1 aromatic heterocycles. The van der Waals surface area contributed by atoms with Crippen molar-refractivity contribution in [2.75, 3.05) is 0 Å². The molecule has 0 aliphatic heterocycles. The van der Waals surface area contributed by atoms with E-state index in [9.17, 15) is 0 Å². The van der Waals surface area contributed by atoms with E-state index in [2.05, 4.69) is 17.6 Å². The summed E-state index contributed by atoms with van der Waals surface area (Å²) in [5.74, 6) is 0. The SMILES string of the molecule is Cc1cc(S)c[nH]1. The van der Waals surface area contributed by atoms with Gasteiger partial charge >= 0.3 is 0 Å². The summed E-state index contributed by atoms with van der Waals surface area (Å²) in [7, 11) is 0. The summed E-state index contributed by atoms with van der Waals surface area (Å²) in [5, 5.41) is 0. The highest BCUT2D eigenvalue weighted by molar-refractivity contribution is 7.80. The minimum Gasteiger partial charge on any atom is -0.364 e. The standard InChI is InChI=1S/C5H7NS/c1-4-2-5(7)3-6-4/h2-3,6-7H,1H3. The zero-order valence-electron chi connectivity index (χ0n) is 4.10. The van der Waals surface area contributed by atoms with Crippen LogP contribution in [-0.4, -0.2) is 4.98 Å². The maximum absolute atomic E-state index is 4.07. The monoisotopic (exact) mass is 113 g/mol. The Balaban J connectivity index is 3.04. The van der Waals surface area contributed by atoms with E-state index in [1.165, 1.54) is 0 Å². The molecule has 1 rings (SSSR count). The number of hydrogen-bond donors (Lipinski definition) is 2. The van der Waals surface area contributed by atoms with Gasteiger partial charge in [0.2, 0.25) is 0 Å². The van der Waals surface area contributed by atoms with E-state index in [1.54, 1.807) is 0 Å². The quantitative estimate of drug-likeness (QED) is 0.475. The lowest BCUT2D eigenvalue weighted by molar-refractivity contribution is 1.26. The third-order valence-electron chi connectivity index (χ3n) is 0.812. The van der Waals surface area contributed by atoms with Gasteiger partial charge in [0, 0.05) is 16.8 Å². The Bertz CT molecular complexity index is 140. The van der Waals surface area contributed by atoms with Crippen LogP contribution >= 0.6 is 12.6 Å². The highest BCUT2D eigenvalue weighted by atomic mass is 32.1. The summed E-state index contributed by atoms with van der Waals surface area (Å²) in [5.41, 5.74) is 1.16. The van der Waals surface area contributed by atoms with Crippen molar-refractivity contribution >= 4 is 12.6 Å². The zero-order valence-corrected chi connectivity index (χ0v) is 5.00. The number of aromatic nitrogens is 1. The molecule has 0 unspecified atom stereocenters. The molecule has 0 aliphatic rings. The molecule has 1 N–H and O–H groups in total. The number of thiol groups is 1. The van der Waals surface area contributed by atoms with E-state index in [4.69, 9.17) is 0 Å². The third kappa shape index (κ3) is 0.996. The number of aromatic amines is 1. The van der Waals surface area contributed by atoms with Gasteiger partial charge in [0.05, 0.1) is 0 Å². The van der Waals surface area contributed by atoms with E-state index in [0.717, 1.165) is 10.6 Å². The molecule has 0 aliphatic carbocycles. The van der Waals surface area contributed by atoms with Crippen LogP contribution in [-0.2, 0) is 0 Å². The van der Waals surface area contributed by atoms with Gasteiger partial charge in [0.1, 0.15) is 0 Å². The van der Waals surface area contributed by atoms with Crippen LogP contribution in [0.25, 0.3) is 0 Å². The van der Waals surface area contributed by atoms with Gasteiger partial charge in [-0.05, 0) is 13.0 Å². The Morgan fingerprint density at radius 3 is 2.57 bits per heavy atom. The maximum atomic E-state index is 4.07. The average Bonchev–Trinajstić information content (AvgIpc) is 1.87. The van der Waals surface area contributed by atoms with Crippen molar-refractivity contribution in [1.29, 1.82) is 0 Å². The molecule has 0 amide bonds. The number of aryl methyl sites for hydroxylation is 1. The molecule has 0 radical (unpaired) electrons. The number of rotatable bonds is 0. The number of hydrogen-bond acceptors (Lipinski definition) is 1. The first-order valence-electron chi connectivity index (χ1n) is 2.13. The van der Waals surface area contributed by atoms with Gasteiger partial charge in [-0.25, -0.2) is 0 Å². The molecule has 1 heterocycles. The van der Waals surface area contributed by atoms with Crippen molar-refractivity contribution in [3.05, 3.63) is 18.0 Å². The van der Waals surface area contributed by atoms with Crippen molar-refractivity contribution in [3.8, 4) is 0 Å². The van der Waals surface area contributed by atoms with Gasteiger partial charge in [-0.1, -0.05) is 0 Å². The molecule has 0 bridgehead atoms. The molecule has 0 aromatic carbocycles. The lowest BCUT2D eigenvalue weighted by atomic mass is 10.5. The maximum Gasteiger partial charge on any atom is 0.0218 e. The first-order valence-corrected chi connectivity index (χ1v) is 2.58. The normalized spacial score (nSPS) is 9.43. The Morgan fingerprint density at radius 2 is 2.43 bits per heavy atom. The molecule has 38 valence electrons. The fraction of sp³-hybridized carbons (Fsp3) is 0.200. The first-order chi connectivity index (χ1) is 3.29. The number of H-pyrrole nitrogens is 1. The minimum atomic E-state index is 0.998. The second kappa shape index (κ2) is 1.62. The lowest BCUT2D eigenvalue weighted by Crippen LogP contribution is -1.59. The molecule has 0 saturated carbocycles. The van der Waals surface area contributed by atoms with Crippen molar-refractivity contribution < 1.29 is 0 Å². The Kier molecular flexibility index (Phi) is 1.11. The van der Waals surface area contributed by atoms with Crippen molar-refractivity contribution in [2.45, 2.75) is 11.8 Å². The van der Waals surface area contributed by atoms with Crippen LogP contribution in [0, 0.1) is 6.92 Å². The topological polar surface area (TPSA) is 15.8 Å². The van der Waals surface area contributed by atoms with Crippen LogP contribution in [0.1, 0.15) is 5.69 Å². The second-order valence-electron chi connectivity index (χ2n) is 1.54. The van der Waals surface area contributed by atoms with Crippen LogP contribution < -0.4 is 0 Å². The Labute approximate surface area is 48.2 Å². The van der Waals surface area contributed by atoms with Gasteiger partial charge in [-0.3, -0.25) is 0 Å². The van der Waals surface area contributed by atoms with Crippen LogP contribution in [0.15, 0.2) is 17.2 Å². The zero-order chi connectivity index (χ0) is 5.28. The molecule has 2 heteroatoms. The van der Waals surface area contributed by atoms with Crippen LogP contribution in [0.4, 0.5) is 0 Å². The summed E-state index contributed by atoms with van der Waals surface area (Å²) < 4.78 is 0. The van der Waals surface area contributed by atoms with E-state index >= 15 is 0 Å². The summed E-state index contributed by atoms with van der Waals surface area (Å²) in [4.78, 5) is 3.99. The van der Waals surface area contributed by atoms with E-state index in [0.29, 0.717) is 0 Å². The smallest absolute Gasteiger partial charge is 0.0218 e. The predicted octanol–water partition coefficient (Wildman–Crippen LogP) is 1.61. The highest BCUT2D eigenvalue weighted by Gasteiger charge is 1.83. The van der Waals surface area contributed by atoms with Gasteiger partial charge in [0.25, 0.3) is 0 Å². The fourth-order valence-electron chi connectivity index (χ4n) is 0.493. The molecular formula is C5H7NS. The van der Waals surface area contributed by atoms with Crippen molar-refractivity contribution in [1.82, 2.24) is 4.98 Å². The van der Waals surface area contributed by atoms with Crippen LogP contribution in [0.5, 0.6) is 0 Å². The van der Waals surface area contributed by atoms with Gasteiger partial charge in [-0.2, -0.15) is 0 Å². The Morgan fingerprint density at radius 1 is 1.71 bits per heavy atom. The van der Waals surface area contributed by atoms with E-state index in [1.807, 2.05) is 19.2 Å². The highest BCUT2D eigenvalue weighted by Crippen LogP contribution is 2.04. The van der Waals surface area contributed by atoms with Crippen molar-refractivity contribution in [2.24, 2.45) is 0 Å². The molecule has 0 spiro atoms. The third-order valence-corrected chi connectivity index (χ3v) is 1.07. The minimum absolute atomic E-state index is 0.998. The average molecular weight is 113 g/mol. The predicted molar refractivity (Wildman–Crippen MR) is 32.8 cm³/mol. The van der Waals surface area contributed by atoms with Gasteiger partial charge < -0.3 is 4.98 Å². The van der Waals surface area contributed by atoms with E-state index < -0.39 is 0 Å². The number of nitrogens with one attached hydrogen (secondary N) is 1. The van der Waals surface area contributed by atoms with Gasteiger partial charge in [0.15, 0.2) is 0 Å². The second-order valence-corrected chi connectivity index (χ2v) is 2.06. The van der Waals surface area contributed by atoms with Crippen molar-refractivity contribution in [3.63, 3.8) is 0 Å². The van der Waals surface area contributed by atoms with Crippen LogP contribution in [0.3, 0.4) is 0 Å². The first kappa shape index (κ1) is 4.78. The molecular weight excluding hydrogens is 106 g/mol. The molecule has 7 heavy (non-hydrogen) atoms. The molecule has 0 fully saturated rings. The Hall–Kier alpha value is -0.370. The lowest BCUT2D eigenvalue weighted by Gasteiger charge is -1.71. The fourth-order valence-corrected chi connectivity index (χ4v) is 0.751. The summed E-state index contributed by atoms with van der Waals surface area (Å²) in [6.45, 7) is 2.00. The summed E-state index contributed by atoms with van der Waals surface area (Å²) in [6.07, 6.45) is 1.86.